The number of aliphatic hydroxyl groups excluding tert-OH is 1. The van der Waals surface area contributed by atoms with Crippen molar-refractivity contribution in [3.63, 3.8) is 0 Å². The van der Waals surface area contributed by atoms with E-state index >= 15 is 0 Å². The van der Waals surface area contributed by atoms with Crippen LogP contribution in [0.2, 0.25) is 0 Å². The molecule has 4 atom stereocenters. The fourth-order valence-electron chi connectivity index (χ4n) is 10.9. The van der Waals surface area contributed by atoms with Gasteiger partial charge in [-0.25, -0.2) is 34.9 Å². The number of carbonyl (C=O) groups is 1. The van der Waals surface area contributed by atoms with E-state index in [9.17, 15) is 9.18 Å². The van der Waals surface area contributed by atoms with E-state index in [2.05, 4.69) is 107 Å². The van der Waals surface area contributed by atoms with Gasteiger partial charge in [0.1, 0.15) is 41.7 Å². The molecular weight excluding hydrogens is 1370 g/mol. The average Bonchev–Trinajstić information content (AvgIpc) is 1.81. The molecular formula is C71H95Br2FN9NaO10S. The second kappa shape index (κ2) is 44.3. The quantitative estimate of drug-likeness (QED) is 0.0807. The Morgan fingerprint density at radius 2 is 0.958 bits per heavy atom. The Labute approximate surface area is 604 Å². The second-order valence-electron chi connectivity index (χ2n) is 24.1. The molecule has 5 fully saturated rings. The third-order valence-electron chi connectivity index (χ3n) is 16.7. The molecule has 2 aliphatic heterocycles. The number of likely N-dealkylation sites (tertiary alicyclic amines) is 1. The molecule has 0 unspecified atom stereocenters. The minimum Gasteiger partial charge on any atom is -0.857 e. The van der Waals surface area contributed by atoms with E-state index in [4.69, 9.17) is 43.4 Å². The summed E-state index contributed by atoms with van der Waals surface area (Å²) >= 11 is 7.97. The molecule has 3 aliphatic carbocycles. The predicted molar refractivity (Wildman–Crippen MR) is 370 cm³/mol. The smallest absolute Gasteiger partial charge is 0.857 e. The van der Waals surface area contributed by atoms with Gasteiger partial charge in [-0.15, -0.1) is 11.3 Å². The molecule has 7 aromatic heterocycles. The van der Waals surface area contributed by atoms with E-state index < -0.39 is 5.95 Å². The monoisotopic (exact) mass is 1470 g/mol. The molecule has 19 nitrogen and oxygen atoms in total. The molecule has 24 heteroatoms. The van der Waals surface area contributed by atoms with Gasteiger partial charge in [-0.1, -0.05) is 52.6 Å². The maximum Gasteiger partial charge on any atom is 1.00 e. The molecule has 12 rings (SSSR count). The van der Waals surface area contributed by atoms with Crippen molar-refractivity contribution < 1.29 is 82.1 Å². The van der Waals surface area contributed by atoms with Crippen LogP contribution in [0.1, 0.15) is 148 Å². The second-order valence-corrected chi connectivity index (χ2v) is 26.9. The number of hydrogen-bond donors (Lipinski definition) is 2. The molecule has 2 saturated heterocycles. The maximum absolute atomic E-state index is 13.3. The first-order valence-electron chi connectivity index (χ1n) is 32.6. The molecule has 0 radical (unpaired) electrons. The Kier molecular flexibility index (Phi) is 37.3. The molecule has 2 N–H and O–H groups in total. The zero-order valence-electron chi connectivity index (χ0n) is 56.8. The summed E-state index contributed by atoms with van der Waals surface area (Å²) in [6.45, 7) is 12.5. The number of nitrogens with zero attached hydrogens (tertiary/aromatic N) is 8. The number of methoxy groups -OCH3 is 3. The standard InChI is InChI=1S/C21H22N4O3S.C13H19NO2.C12H16BrNO.C12H18N2O2.C7H14O.C5H3BrFN.CH3O.Na/c1-14-4-5-16(28-18-12-15(27-2)6-10-22-18)13-25(14)21(26)17-7-11-29-19(17)20-23-8-3-9-24-20;1-10-3-5-11(6-4-10)16-13-9-12(15-2)7-8-14-13;1-9-2-4-11(5-3-9)15-12-8-10(13)6-7-14-12;1-9-3-4-11(8-14-9)16-12-7-10(15-2)5-6-13-12;1-6-2-4-7(8)5-3-6;6-4-1-2-8-5(7)3-4;1-2;/h3,6-12,14,16H,4-5,13H2,1-2H3;7-11H,3-6H2,1-2H3;6-9,11H,2-5H2,1H3;5-7,9,11,14H,3-4,8H2,1-2H3;6-8H,2-5H2,1H3;1-3H;1H3;/q;;;;;;-1;+1/t14-,16-;;;9-,11-;;;;/m1..1..../s1. The summed E-state index contributed by atoms with van der Waals surface area (Å²) in [4.78, 5) is 44.8. The number of halogens is 3. The number of pyridine rings is 5. The Balaban J connectivity index is 0.000000216. The van der Waals surface area contributed by atoms with Crippen molar-refractivity contribution in [1.82, 2.24) is 45.1 Å². The van der Waals surface area contributed by atoms with Gasteiger partial charge in [-0.05, 0) is 182 Å². The number of piperidine rings is 2. The third-order valence-corrected chi connectivity index (χ3v) is 18.5. The molecule has 5 aliphatic rings. The first kappa shape index (κ1) is 80.1. The van der Waals surface area contributed by atoms with Crippen molar-refractivity contribution in [2.24, 2.45) is 17.8 Å². The van der Waals surface area contributed by atoms with Crippen LogP contribution in [0.5, 0.6) is 40.8 Å². The van der Waals surface area contributed by atoms with Crippen molar-refractivity contribution in [1.29, 1.82) is 0 Å². The van der Waals surface area contributed by atoms with E-state index in [0.717, 1.165) is 122 Å². The third kappa shape index (κ3) is 29.5. The SMILES string of the molecule is CC1CCC(O)CC1.CC1CCC(Oc2cc(Br)ccn2)CC1.COc1ccnc(OC2CCC(C)CC2)c1.COc1ccnc(O[C@@H]2CC[C@@H](C)N(C(=O)c3ccsc3-c3ncccn3)C2)c1.COc1ccnc(O[C@@H]2CC[C@@H](C)NC2)c1.C[O-].Fc1cc(Br)ccn1.[Na+]. The van der Waals surface area contributed by atoms with Crippen LogP contribution in [-0.2, 0) is 0 Å². The van der Waals surface area contributed by atoms with E-state index in [1.165, 1.54) is 62.1 Å². The fraction of sp³-hybridized carbons (Fsp3) is 0.521. The van der Waals surface area contributed by atoms with Crippen molar-refractivity contribution in [2.45, 2.75) is 180 Å². The topological polar surface area (TPSA) is 230 Å². The molecule has 7 aromatic rings. The summed E-state index contributed by atoms with van der Waals surface area (Å²) in [6, 6.07) is 22.0. The average molecular weight is 1470 g/mol. The van der Waals surface area contributed by atoms with Crippen molar-refractivity contribution in [3.8, 4) is 51.5 Å². The number of thiophene rings is 1. The fourth-order valence-corrected chi connectivity index (χ4v) is 12.4. The number of rotatable bonds is 13. The predicted octanol–water partition coefficient (Wildman–Crippen LogP) is 11.7. The number of aromatic nitrogens is 7. The minimum absolute atomic E-state index is 0. The van der Waals surface area contributed by atoms with Gasteiger partial charge in [0.25, 0.3) is 5.91 Å². The Hall–Kier alpha value is -5.63. The first-order chi connectivity index (χ1) is 45.5. The van der Waals surface area contributed by atoms with Crippen LogP contribution < -0.4 is 73.1 Å². The van der Waals surface area contributed by atoms with Crippen LogP contribution in [0, 0.1) is 23.7 Å². The Morgan fingerprint density at radius 1 is 0.537 bits per heavy atom. The number of ether oxygens (including phenoxy) is 7. The number of hydrogen-bond acceptors (Lipinski definition) is 19. The van der Waals surface area contributed by atoms with Crippen LogP contribution >= 0.6 is 43.2 Å². The summed E-state index contributed by atoms with van der Waals surface area (Å²) in [7, 11) is 5.65. The zero-order chi connectivity index (χ0) is 67.6. The summed E-state index contributed by atoms with van der Waals surface area (Å²) in [5.41, 5.74) is 0.633. The first-order valence-corrected chi connectivity index (χ1v) is 35.0. The molecule has 95 heavy (non-hydrogen) atoms. The van der Waals surface area contributed by atoms with Gasteiger partial charge in [-0.2, -0.15) is 11.5 Å². The molecule has 0 aromatic carbocycles. The van der Waals surface area contributed by atoms with Gasteiger partial charge in [0.2, 0.25) is 29.5 Å². The molecule has 0 bridgehead atoms. The van der Waals surface area contributed by atoms with Crippen LogP contribution in [-0.4, -0.2) is 135 Å². The number of nitrogens with one attached hydrogen (secondary N) is 1. The van der Waals surface area contributed by atoms with Gasteiger partial charge in [-0.3, -0.25) is 4.79 Å². The van der Waals surface area contributed by atoms with Gasteiger partial charge < -0.3 is 53.6 Å². The number of amides is 1. The number of aliphatic hydroxyl groups is 1. The van der Waals surface area contributed by atoms with Crippen molar-refractivity contribution in [2.75, 3.05) is 41.5 Å². The largest absolute Gasteiger partial charge is 1.00 e. The molecule has 9 heterocycles. The Bertz CT molecular complexity index is 3140. The van der Waals surface area contributed by atoms with Crippen molar-refractivity contribution in [3.05, 3.63) is 142 Å². The molecule has 1 amide bonds. The van der Waals surface area contributed by atoms with Crippen molar-refractivity contribution >= 4 is 49.1 Å². The zero-order valence-corrected chi connectivity index (χ0v) is 62.8. The Morgan fingerprint density at radius 3 is 1.39 bits per heavy atom. The van der Waals surface area contributed by atoms with E-state index in [1.54, 1.807) is 82.8 Å². The van der Waals surface area contributed by atoms with Crippen LogP contribution in [0.4, 0.5) is 4.39 Å². The minimum atomic E-state index is -0.459. The summed E-state index contributed by atoms with van der Waals surface area (Å²) in [5, 5.41) is 22.6. The van der Waals surface area contributed by atoms with E-state index in [1.807, 2.05) is 52.7 Å². The van der Waals surface area contributed by atoms with Crippen LogP contribution in [0.3, 0.4) is 0 Å². The summed E-state index contributed by atoms with van der Waals surface area (Å²) in [6.07, 6.45) is 30.6. The van der Waals surface area contributed by atoms with Gasteiger partial charge in [0.05, 0.1) is 44.4 Å². The van der Waals surface area contributed by atoms with Gasteiger partial charge >= 0.3 is 29.6 Å². The summed E-state index contributed by atoms with van der Waals surface area (Å²) in [5.74, 6) is 7.50. The molecule has 512 valence electrons. The molecule has 3 saturated carbocycles. The van der Waals surface area contributed by atoms with Crippen LogP contribution in [0.25, 0.3) is 10.7 Å². The van der Waals surface area contributed by atoms with Gasteiger partial charge in [0, 0.05) is 101 Å². The van der Waals surface area contributed by atoms with E-state index in [0.29, 0.717) is 64.0 Å². The van der Waals surface area contributed by atoms with Gasteiger partial charge in [0.15, 0.2) is 5.82 Å². The molecule has 0 spiro atoms. The normalized spacial score (nSPS) is 22.6. The number of carbonyl (C=O) groups excluding carboxylic acids is 1. The van der Waals surface area contributed by atoms with E-state index in [-0.39, 0.29) is 59.8 Å². The summed E-state index contributed by atoms with van der Waals surface area (Å²) < 4.78 is 52.8. The van der Waals surface area contributed by atoms with Crippen LogP contribution in [0.15, 0.2) is 130 Å². The maximum atomic E-state index is 13.3.